The summed E-state index contributed by atoms with van der Waals surface area (Å²) < 4.78 is 0. The van der Waals surface area contributed by atoms with E-state index in [1.165, 1.54) is 5.69 Å². The molecule has 5 nitrogen and oxygen atoms in total. The highest BCUT2D eigenvalue weighted by atomic mass is 32.1. The van der Waals surface area contributed by atoms with Crippen molar-refractivity contribution < 1.29 is 0 Å². The van der Waals surface area contributed by atoms with Crippen LogP contribution in [0, 0.1) is 11.3 Å². The molecule has 1 aliphatic rings. The second-order valence-corrected chi connectivity index (χ2v) is 6.41. The lowest BCUT2D eigenvalue weighted by molar-refractivity contribution is 0.317. The van der Waals surface area contributed by atoms with E-state index in [9.17, 15) is 5.26 Å². The van der Waals surface area contributed by atoms with Crippen molar-refractivity contribution in [3.05, 3.63) is 72.1 Å². The molecule has 1 heterocycles. The van der Waals surface area contributed by atoms with Gasteiger partial charge in [-0.25, -0.2) is 0 Å². The van der Waals surface area contributed by atoms with Crippen molar-refractivity contribution in [2.45, 2.75) is 0 Å². The van der Waals surface area contributed by atoms with Crippen molar-refractivity contribution in [3.8, 4) is 6.07 Å². The first-order chi connectivity index (χ1) is 12.7. The summed E-state index contributed by atoms with van der Waals surface area (Å²) in [5.41, 5.74) is 8.64. The van der Waals surface area contributed by atoms with Gasteiger partial charge in [0.1, 0.15) is 22.5 Å². The van der Waals surface area contributed by atoms with Crippen molar-refractivity contribution >= 4 is 28.6 Å². The van der Waals surface area contributed by atoms with Gasteiger partial charge < -0.3 is 20.9 Å². The van der Waals surface area contributed by atoms with Gasteiger partial charge in [-0.1, -0.05) is 48.6 Å². The number of rotatable bonds is 4. The van der Waals surface area contributed by atoms with Gasteiger partial charge in [0.25, 0.3) is 0 Å². The summed E-state index contributed by atoms with van der Waals surface area (Å²) in [7, 11) is 0. The molecule has 0 bridgehead atoms. The van der Waals surface area contributed by atoms with E-state index < -0.39 is 0 Å². The molecule has 0 aliphatic carbocycles. The molecular weight excluding hydrogens is 342 g/mol. The summed E-state index contributed by atoms with van der Waals surface area (Å²) in [6.45, 7) is 3.20. The second kappa shape index (κ2) is 8.37. The van der Waals surface area contributed by atoms with Gasteiger partial charge in [0.15, 0.2) is 0 Å². The van der Waals surface area contributed by atoms with Gasteiger partial charge in [0, 0.05) is 37.6 Å². The number of anilines is 2. The van der Waals surface area contributed by atoms with Gasteiger partial charge in [-0.3, -0.25) is 0 Å². The SMILES string of the molecule is N#CC(C(=S)Nc1ccccc1)=C(N)N1CCN(c2ccccc2)CC1. The molecule has 132 valence electrons. The van der Waals surface area contributed by atoms with E-state index in [0.29, 0.717) is 16.4 Å². The zero-order valence-electron chi connectivity index (χ0n) is 14.4. The zero-order chi connectivity index (χ0) is 18.4. The van der Waals surface area contributed by atoms with Crippen LogP contribution in [0.5, 0.6) is 0 Å². The molecular formula is C20H21N5S. The number of para-hydroxylation sites is 2. The predicted molar refractivity (Wildman–Crippen MR) is 110 cm³/mol. The highest BCUT2D eigenvalue weighted by Gasteiger charge is 2.21. The summed E-state index contributed by atoms with van der Waals surface area (Å²) >= 11 is 5.39. The fraction of sp³-hybridized carbons (Fsp3) is 0.200. The number of thiocarbonyl (C=S) groups is 1. The monoisotopic (exact) mass is 363 g/mol. The smallest absolute Gasteiger partial charge is 0.127 e. The van der Waals surface area contributed by atoms with Crippen LogP contribution in [0.1, 0.15) is 0 Å². The predicted octanol–water partition coefficient (Wildman–Crippen LogP) is 2.94. The molecule has 0 atom stereocenters. The first kappa shape index (κ1) is 17.8. The standard InChI is InChI=1S/C20H21N5S/c21-15-18(20(26)23-16-7-3-1-4-8-16)19(22)25-13-11-24(12-14-25)17-9-5-2-6-10-17/h1-10H,11-14,22H2,(H,23,26). The minimum absolute atomic E-state index is 0.317. The maximum Gasteiger partial charge on any atom is 0.127 e. The molecule has 1 aliphatic heterocycles. The number of benzene rings is 2. The van der Waals surface area contributed by atoms with Crippen LogP contribution < -0.4 is 16.0 Å². The number of hydrogen-bond acceptors (Lipinski definition) is 5. The van der Waals surface area contributed by atoms with Crippen LogP contribution in [0.3, 0.4) is 0 Å². The van der Waals surface area contributed by atoms with Crippen molar-refractivity contribution in [2.75, 3.05) is 36.4 Å². The van der Waals surface area contributed by atoms with Gasteiger partial charge in [-0.15, -0.1) is 0 Å². The van der Waals surface area contributed by atoms with Crippen LogP contribution in [0.4, 0.5) is 11.4 Å². The first-order valence-corrected chi connectivity index (χ1v) is 8.91. The van der Waals surface area contributed by atoms with E-state index in [1.54, 1.807) is 0 Å². The normalized spacial score (nSPS) is 15.0. The van der Waals surface area contributed by atoms with E-state index in [4.69, 9.17) is 18.0 Å². The van der Waals surface area contributed by atoms with Crippen molar-refractivity contribution in [1.29, 1.82) is 5.26 Å². The van der Waals surface area contributed by atoms with E-state index in [0.717, 1.165) is 31.9 Å². The van der Waals surface area contributed by atoms with Gasteiger partial charge in [-0.2, -0.15) is 5.26 Å². The quantitative estimate of drug-likeness (QED) is 0.495. The van der Waals surface area contributed by atoms with Crippen molar-refractivity contribution in [1.82, 2.24) is 4.90 Å². The molecule has 2 aromatic carbocycles. The number of hydrogen-bond donors (Lipinski definition) is 2. The molecule has 1 fully saturated rings. The van der Waals surface area contributed by atoms with Crippen LogP contribution in [-0.2, 0) is 0 Å². The Bertz CT molecular complexity index is 818. The Morgan fingerprint density at radius 3 is 2.12 bits per heavy atom. The van der Waals surface area contributed by atoms with Crippen molar-refractivity contribution in [3.63, 3.8) is 0 Å². The third-order valence-corrected chi connectivity index (χ3v) is 4.67. The fourth-order valence-corrected chi connectivity index (χ4v) is 3.21. The lowest BCUT2D eigenvalue weighted by atomic mass is 10.2. The second-order valence-electron chi connectivity index (χ2n) is 6.00. The number of nitriles is 1. The molecule has 0 saturated carbocycles. The Morgan fingerprint density at radius 1 is 0.962 bits per heavy atom. The number of nitrogens with two attached hydrogens (primary N) is 1. The van der Waals surface area contributed by atoms with E-state index >= 15 is 0 Å². The van der Waals surface area contributed by atoms with Crippen LogP contribution in [0.25, 0.3) is 0 Å². The minimum Gasteiger partial charge on any atom is -0.384 e. The van der Waals surface area contributed by atoms with E-state index in [-0.39, 0.29) is 0 Å². The molecule has 3 N–H and O–H groups in total. The Morgan fingerprint density at radius 2 is 1.54 bits per heavy atom. The lowest BCUT2D eigenvalue weighted by Gasteiger charge is -2.37. The maximum absolute atomic E-state index is 9.55. The topological polar surface area (TPSA) is 68.3 Å². The Hall–Kier alpha value is -3.04. The van der Waals surface area contributed by atoms with Gasteiger partial charge in [-0.05, 0) is 24.3 Å². The molecule has 0 unspecified atom stereocenters. The van der Waals surface area contributed by atoms with Crippen molar-refractivity contribution in [2.24, 2.45) is 5.73 Å². The third-order valence-electron chi connectivity index (χ3n) is 4.37. The molecule has 1 saturated heterocycles. The van der Waals surface area contributed by atoms with Gasteiger partial charge >= 0.3 is 0 Å². The Balaban J connectivity index is 1.67. The maximum atomic E-state index is 9.55. The third kappa shape index (κ3) is 4.13. The molecule has 0 spiro atoms. The molecule has 3 rings (SSSR count). The summed E-state index contributed by atoms with van der Waals surface area (Å²) in [5, 5.41) is 12.6. The minimum atomic E-state index is 0.317. The lowest BCUT2D eigenvalue weighted by Crippen LogP contribution is -2.48. The average molecular weight is 363 g/mol. The molecule has 0 amide bonds. The van der Waals surface area contributed by atoms with E-state index in [1.807, 2.05) is 53.4 Å². The average Bonchev–Trinajstić information content (AvgIpc) is 2.70. The number of nitrogens with zero attached hydrogens (tertiary/aromatic N) is 3. The van der Waals surface area contributed by atoms with Gasteiger partial charge in [0.05, 0.1) is 0 Å². The molecule has 0 radical (unpaired) electrons. The molecule has 0 aromatic heterocycles. The fourth-order valence-electron chi connectivity index (χ4n) is 2.94. The number of piperazine rings is 1. The summed E-state index contributed by atoms with van der Waals surface area (Å²) in [4.78, 5) is 4.69. The Kier molecular flexibility index (Phi) is 5.72. The van der Waals surface area contributed by atoms with E-state index in [2.05, 4.69) is 28.4 Å². The highest BCUT2D eigenvalue weighted by molar-refractivity contribution is 7.81. The van der Waals surface area contributed by atoms with Crippen LogP contribution >= 0.6 is 12.2 Å². The summed E-state index contributed by atoms with van der Waals surface area (Å²) in [6.07, 6.45) is 0. The molecule has 6 heteroatoms. The van der Waals surface area contributed by atoms with Gasteiger partial charge in [0.2, 0.25) is 0 Å². The number of nitrogens with one attached hydrogen (secondary N) is 1. The summed E-state index contributed by atoms with van der Waals surface area (Å²) in [6, 6.07) is 22.0. The zero-order valence-corrected chi connectivity index (χ0v) is 15.2. The summed E-state index contributed by atoms with van der Waals surface area (Å²) in [5.74, 6) is 0.439. The highest BCUT2D eigenvalue weighted by Crippen LogP contribution is 2.18. The first-order valence-electron chi connectivity index (χ1n) is 8.50. The van der Waals surface area contributed by atoms with Crippen LogP contribution in [0.2, 0.25) is 0 Å². The molecule has 26 heavy (non-hydrogen) atoms. The Labute approximate surface area is 159 Å². The van der Waals surface area contributed by atoms with Crippen LogP contribution in [-0.4, -0.2) is 36.1 Å². The molecule has 2 aromatic rings. The van der Waals surface area contributed by atoms with Crippen LogP contribution in [0.15, 0.2) is 72.1 Å². The largest absolute Gasteiger partial charge is 0.384 e.